The number of amides is 1. The van der Waals surface area contributed by atoms with Gasteiger partial charge in [0.25, 0.3) is 0 Å². The number of hydrogen-bond acceptors (Lipinski definition) is 5. The van der Waals surface area contributed by atoms with Crippen LogP contribution in [0.15, 0.2) is 22.5 Å². The van der Waals surface area contributed by atoms with Crippen LogP contribution in [-0.2, 0) is 4.79 Å². The predicted molar refractivity (Wildman–Crippen MR) is 125 cm³/mol. The second-order valence-electron chi connectivity index (χ2n) is 8.48. The highest BCUT2D eigenvalue weighted by atomic mass is 32.1. The van der Waals surface area contributed by atoms with E-state index in [2.05, 4.69) is 49.9 Å². The maximum absolute atomic E-state index is 11.5. The fraction of sp³-hybridized carbons (Fsp3) is 0.727. The summed E-state index contributed by atoms with van der Waals surface area (Å²) in [6, 6.07) is 4.81. The molecule has 0 spiro atoms. The Morgan fingerprint density at radius 3 is 2.53 bits per heavy atom. The standard InChI is InChI=1S/C22H38N6OS/c1-18-6-9-28(10-7-18)20(21-5-4-16-30-21)17-25-22(23-3)24-8-11-26-12-14-27(15-13-26)19(2)29/h4-5,16,18,20H,6-15,17H2,1-3H3,(H2,23,24,25). The van der Waals surface area contributed by atoms with E-state index in [0.717, 1.165) is 57.7 Å². The van der Waals surface area contributed by atoms with Crippen LogP contribution in [0.4, 0.5) is 0 Å². The molecule has 1 aromatic rings. The number of piperazine rings is 1. The van der Waals surface area contributed by atoms with E-state index in [-0.39, 0.29) is 5.91 Å². The molecule has 30 heavy (non-hydrogen) atoms. The van der Waals surface area contributed by atoms with Crippen LogP contribution in [0.5, 0.6) is 0 Å². The summed E-state index contributed by atoms with van der Waals surface area (Å²) in [6.07, 6.45) is 2.57. The Balaban J connectivity index is 1.43. The number of hydrogen-bond donors (Lipinski definition) is 2. The molecular weight excluding hydrogens is 396 g/mol. The van der Waals surface area contributed by atoms with Gasteiger partial charge in [0, 0.05) is 64.7 Å². The Hall–Kier alpha value is -1.64. The Labute approximate surface area is 185 Å². The molecule has 7 nitrogen and oxygen atoms in total. The summed E-state index contributed by atoms with van der Waals surface area (Å²) in [4.78, 5) is 24.3. The van der Waals surface area contributed by atoms with Crippen LogP contribution in [-0.4, -0.2) is 92.5 Å². The van der Waals surface area contributed by atoms with Gasteiger partial charge >= 0.3 is 0 Å². The van der Waals surface area contributed by atoms with Crippen molar-refractivity contribution >= 4 is 23.2 Å². The van der Waals surface area contributed by atoms with Crippen molar-refractivity contribution in [2.24, 2.45) is 10.9 Å². The number of carbonyl (C=O) groups excluding carboxylic acids is 1. The molecule has 3 heterocycles. The number of aliphatic imine (C=N–C) groups is 1. The molecule has 0 aliphatic carbocycles. The second kappa shape index (κ2) is 11.7. The summed E-state index contributed by atoms with van der Waals surface area (Å²) >= 11 is 1.85. The molecule has 1 aromatic heterocycles. The molecule has 0 aromatic carbocycles. The molecule has 2 N–H and O–H groups in total. The van der Waals surface area contributed by atoms with Crippen LogP contribution < -0.4 is 10.6 Å². The van der Waals surface area contributed by atoms with E-state index in [9.17, 15) is 4.79 Å². The van der Waals surface area contributed by atoms with Crippen molar-refractivity contribution in [2.45, 2.75) is 32.7 Å². The largest absolute Gasteiger partial charge is 0.355 e. The lowest BCUT2D eigenvalue weighted by Crippen LogP contribution is -2.50. The van der Waals surface area contributed by atoms with Crippen LogP contribution >= 0.6 is 11.3 Å². The van der Waals surface area contributed by atoms with E-state index in [0.29, 0.717) is 6.04 Å². The number of nitrogens with zero attached hydrogens (tertiary/aromatic N) is 4. The lowest BCUT2D eigenvalue weighted by Gasteiger charge is -2.36. The van der Waals surface area contributed by atoms with Gasteiger partial charge < -0.3 is 15.5 Å². The highest BCUT2D eigenvalue weighted by Crippen LogP contribution is 2.29. The lowest BCUT2D eigenvalue weighted by molar-refractivity contribution is -0.130. The molecule has 1 amide bonds. The van der Waals surface area contributed by atoms with Crippen molar-refractivity contribution in [1.29, 1.82) is 0 Å². The zero-order valence-corrected chi connectivity index (χ0v) is 19.6. The number of thiophene rings is 1. The monoisotopic (exact) mass is 434 g/mol. The predicted octanol–water partition coefficient (Wildman–Crippen LogP) is 1.85. The van der Waals surface area contributed by atoms with Gasteiger partial charge in [0.1, 0.15) is 0 Å². The van der Waals surface area contributed by atoms with E-state index in [1.165, 1.54) is 30.8 Å². The van der Waals surface area contributed by atoms with Crippen molar-refractivity contribution in [3.05, 3.63) is 22.4 Å². The first-order valence-electron chi connectivity index (χ1n) is 11.3. The summed E-state index contributed by atoms with van der Waals surface area (Å²) in [6.45, 7) is 12.6. The molecule has 2 fully saturated rings. The fourth-order valence-corrected chi connectivity index (χ4v) is 5.12. The van der Waals surface area contributed by atoms with Crippen molar-refractivity contribution in [3.8, 4) is 0 Å². The van der Waals surface area contributed by atoms with Gasteiger partial charge in [0.2, 0.25) is 5.91 Å². The van der Waals surface area contributed by atoms with Crippen LogP contribution in [0.2, 0.25) is 0 Å². The SMILES string of the molecule is CN=C(NCCN1CCN(C(C)=O)CC1)NCC(c1cccs1)N1CCC(C)CC1. The number of nitrogens with one attached hydrogen (secondary N) is 2. The summed E-state index contributed by atoms with van der Waals surface area (Å²) in [5, 5.41) is 9.20. The minimum Gasteiger partial charge on any atom is -0.355 e. The van der Waals surface area contributed by atoms with E-state index < -0.39 is 0 Å². The van der Waals surface area contributed by atoms with E-state index in [1.807, 2.05) is 23.3 Å². The van der Waals surface area contributed by atoms with Crippen LogP contribution in [0.1, 0.15) is 37.6 Å². The smallest absolute Gasteiger partial charge is 0.219 e. The van der Waals surface area contributed by atoms with Gasteiger partial charge in [0.05, 0.1) is 6.04 Å². The van der Waals surface area contributed by atoms with Crippen LogP contribution in [0.25, 0.3) is 0 Å². The van der Waals surface area contributed by atoms with Gasteiger partial charge in [-0.15, -0.1) is 11.3 Å². The number of guanidine groups is 1. The molecule has 8 heteroatoms. The van der Waals surface area contributed by atoms with Gasteiger partial charge in [0.15, 0.2) is 5.96 Å². The van der Waals surface area contributed by atoms with Gasteiger partial charge in [-0.2, -0.15) is 0 Å². The van der Waals surface area contributed by atoms with Gasteiger partial charge in [-0.25, -0.2) is 0 Å². The Bertz CT molecular complexity index is 663. The molecule has 2 aliphatic rings. The number of carbonyl (C=O) groups is 1. The minimum atomic E-state index is 0.181. The van der Waals surface area contributed by atoms with E-state index >= 15 is 0 Å². The molecule has 0 radical (unpaired) electrons. The number of likely N-dealkylation sites (tertiary alicyclic amines) is 1. The summed E-state index contributed by atoms with van der Waals surface area (Å²) in [5.74, 6) is 1.88. The fourth-order valence-electron chi connectivity index (χ4n) is 4.26. The average Bonchev–Trinajstić information content (AvgIpc) is 3.28. The van der Waals surface area contributed by atoms with Crippen molar-refractivity contribution in [3.63, 3.8) is 0 Å². The molecule has 0 saturated carbocycles. The summed E-state index contributed by atoms with van der Waals surface area (Å²) in [7, 11) is 1.84. The molecular formula is C22H38N6OS. The van der Waals surface area contributed by atoms with E-state index in [4.69, 9.17) is 0 Å². The van der Waals surface area contributed by atoms with Gasteiger partial charge in [-0.05, 0) is 43.3 Å². The normalized spacial score (nSPS) is 20.9. The Morgan fingerprint density at radius 1 is 1.20 bits per heavy atom. The summed E-state index contributed by atoms with van der Waals surface area (Å²) in [5.41, 5.74) is 0. The number of rotatable bonds is 7. The van der Waals surface area contributed by atoms with Crippen molar-refractivity contribution in [2.75, 3.05) is 66.0 Å². The molecule has 2 saturated heterocycles. The minimum absolute atomic E-state index is 0.181. The topological polar surface area (TPSA) is 63.2 Å². The molecule has 2 aliphatic heterocycles. The third kappa shape index (κ3) is 6.68. The average molecular weight is 435 g/mol. The third-order valence-electron chi connectivity index (χ3n) is 6.36. The first-order valence-corrected chi connectivity index (χ1v) is 12.1. The van der Waals surface area contributed by atoms with Crippen molar-refractivity contribution < 1.29 is 4.79 Å². The zero-order valence-electron chi connectivity index (χ0n) is 18.8. The quantitative estimate of drug-likeness (QED) is 0.507. The summed E-state index contributed by atoms with van der Waals surface area (Å²) < 4.78 is 0. The lowest BCUT2D eigenvalue weighted by atomic mass is 9.97. The molecule has 1 unspecified atom stereocenters. The molecule has 3 rings (SSSR count). The maximum Gasteiger partial charge on any atom is 0.219 e. The highest BCUT2D eigenvalue weighted by molar-refractivity contribution is 7.10. The molecule has 1 atom stereocenters. The van der Waals surface area contributed by atoms with Crippen LogP contribution in [0.3, 0.4) is 0 Å². The van der Waals surface area contributed by atoms with Crippen LogP contribution in [0, 0.1) is 5.92 Å². The first kappa shape index (κ1) is 23.0. The Kier molecular flexibility index (Phi) is 8.96. The van der Waals surface area contributed by atoms with Gasteiger partial charge in [-0.1, -0.05) is 13.0 Å². The second-order valence-corrected chi connectivity index (χ2v) is 9.46. The number of piperidine rings is 1. The first-order chi connectivity index (χ1) is 14.6. The molecule has 168 valence electrons. The van der Waals surface area contributed by atoms with E-state index in [1.54, 1.807) is 6.92 Å². The van der Waals surface area contributed by atoms with Gasteiger partial charge in [-0.3, -0.25) is 19.6 Å². The Morgan fingerprint density at radius 2 is 1.93 bits per heavy atom. The third-order valence-corrected chi connectivity index (χ3v) is 7.33. The molecule has 0 bridgehead atoms. The highest BCUT2D eigenvalue weighted by Gasteiger charge is 2.25. The zero-order chi connectivity index (χ0) is 21.3. The van der Waals surface area contributed by atoms with Crippen molar-refractivity contribution in [1.82, 2.24) is 25.3 Å². The maximum atomic E-state index is 11.5.